The largest absolute Gasteiger partial charge is 0.318 e. The molecule has 2 aliphatic carbocycles. The fraction of sp³-hybridized carbons (Fsp3) is 0.167. The SMILES string of the molecule is N#CC1=CC=CC2C=CC(=O)C(N)C2=C1. The van der Waals surface area contributed by atoms with Crippen molar-refractivity contribution in [2.45, 2.75) is 6.04 Å². The van der Waals surface area contributed by atoms with Crippen molar-refractivity contribution in [3.8, 4) is 6.07 Å². The first kappa shape index (κ1) is 9.63. The zero-order chi connectivity index (χ0) is 10.8. The fourth-order valence-corrected chi connectivity index (χ4v) is 1.72. The van der Waals surface area contributed by atoms with Gasteiger partial charge in [0.05, 0.1) is 17.7 Å². The summed E-state index contributed by atoms with van der Waals surface area (Å²) in [6, 6.07) is 1.44. The predicted molar refractivity (Wildman–Crippen MR) is 56.5 cm³/mol. The van der Waals surface area contributed by atoms with Gasteiger partial charge in [-0.25, -0.2) is 0 Å². The van der Waals surface area contributed by atoms with Gasteiger partial charge in [-0.1, -0.05) is 18.2 Å². The third kappa shape index (κ3) is 1.67. The summed E-state index contributed by atoms with van der Waals surface area (Å²) in [6.45, 7) is 0. The zero-order valence-corrected chi connectivity index (χ0v) is 8.05. The molecule has 15 heavy (non-hydrogen) atoms. The Balaban J connectivity index is 2.48. The summed E-state index contributed by atoms with van der Waals surface area (Å²) in [5.41, 5.74) is 7.10. The molecule has 0 heterocycles. The van der Waals surface area contributed by atoms with E-state index in [0.29, 0.717) is 5.57 Å². The highest BCUT2D eigenvalue weighted by Crippen LogP contribution is 2.26. The lowest BCUT2D eigenvalue weighted by Gasteiger charge is -2.22. The van der Waals surface area contributed by atoms with Crippen LogP contribution in [0.15, 0.2) is 47.6 Å². The van der Waals surface area contributed by atoms with Crippen LogP contribution in [0.25, 0.3) is 0 Å². The third-order valence-electron chi connectivity index (χ3n) is 2.56. The van der Waals surface area contributed by atoms with Gasteiger partial charge in [-0.15, -0.1) is 0 Å². The summed E-state index contributed by atoms with van der Waals surface area (Å²) in [6.07, 6.45) is 10.5. The van der Waals surface area contributed by atoms with Gasteiger partial charge in [-0.05, 0) is 23.8 Å². The lowest BCUT2D eigenvalue weighted by Crippen LogP contribution is -2.36. The van der Waals surface area contributed by atoms with Crippen molar-refractivity contribution >= 4 is 5.78 Å². The summed E-state index contributed by atoms with van der Waals surface area (Å²) in [5.74, 6) is -0.0649. The molecule has 0 fully saturated rings. The number of hydrogen-bond acceptors (Lipinski definition) is 3. The fourth-order valence-electron chi connectivity index (χ4n) is 1.72. The molecule has 3 nitrogen and oxygen atoms in total. The number of fused-ring (bicyclic) bond motifs is 1. The summed E-state index contributed by atoms with van der Waals surface area (Å²) in [4.78, 5) is 11.4. The Hall–Kier alpha value is -1.92. The van der Waals surface area contributed by atoms with E-state index < -0.39 is 6.04 Å². The van der Waals surface area contributed by atoms with Crippen molar-refractivity contribution in [3.63, 3.8) is 0 Å². The Morgan fingerprint density at radius 1 is 1.40 bits per heavy atom. The normalized spacial score (nSPS) is 28.7. The van der Waals surface area contributed by atoms with E-state index >= 15 is 0 Å². The second-order valence-corrected chi connectivity index (χ2v) is 3.53. The minimum absolute atomic E-state index is 0.0415. The number of carbonyl (C=O) groups excluding carboxylic acids is 1. The highest BCUT2D eigenvalue weighted by atomic mass is 16.1. The maximum Gasteiger partial charge on any atom is 0.176 e. The smallest absolute Gasteiger partial charge is 0.176 e. The van der Waals surface area contributed by atoms with Gasteiger partial charge in [-0.3, -0.25) is 4.79 Å². The molecular formula is C12H10N2O. The molecule has 2 atom stereocenters. The van der Waals surface area contributed by atoms with Crippen molar-refractivity contribution < 1.29 is 4.79 Å². The zero-order valence-electron chi connectivity index (χ0n) is 8.05. The van der Waals surface area contributed by atoms with Gasteiger partial charge in [0.15, 0.2) is 5.78 Å². The number of nitrogens with zero attached hydrogens (tertiary/aromatic N) is 1. The van der Waals surface area contributed by atoms with Crippen molar-refractivity contribution in [2.75, 3.05) is 0 Å². The van der Waals surface area contributed by atoms with E-state index in [9.17, 15) is 4.79 Å². The van der Waals surface area contributed by atoms with Crippen molar-refractivity contribution in [2.24, 2.45) is 11.7 Å². The van der Waals surface area contributed by atoms with Crippen LogP contribution in [0.1, 0.15) is 0 Å². The number of hydrogen-bond donors (Lipinski definition) is 1. The molecule has 0 aromatic carbocycles. The maximum atomic E-state index is 11.4. The van der Waals surface area contributed by atoms with E-state index in [-0.39, 0.29) is 11.7 Å². The number of carbonyl (C=O) groups is 1. The van der Waals surface area contributed by atoms with E-state index in [1.807, 2.05) is 18.2 Å². The third-order valence-corrected chi connectivity index (χ3v) is 2.56. The first-order chi connectivity index (χ1) is 7.22. The molecule has 0 bridgehead atoms. The van der Waals surface area contributed by atoms with Crippen molar-refractivity contribution in [1.29, 1.82) is 5.26 Å². The first-order valence-corrected chi connectivity index (χ1v) is 4.70. The van der Waals surface area contributed by atoms with Crippen LogP contribution in [0.3, 0.4) is 0 Å². The van der Waals surface area contributed by atoms with Crippen LogP contribution in [-0.4, -0.2) is 11.8 Å². The summed E-state index contributed by atoms with van der Waals surface area (Å²) < 4.78 is 0. The van der Waals surface area contributed by atoms with E-state index in [1.54, 1.807) is 12.2 Å². The highest BCUT2D eigenvalue weighted by Gasteiger charge is 2.26. The summed E-state index contributed by atoms with van der Waals surface area (Å²) in [7, 11) is 0. The van der Waals surface area contributed by atoms with Crippen LogP contribution in [0, 0.1) is 17.2 Å². The standard InChI is InChI=1S/C12H10N2O/c13-7-8-2-1-3-9-4-5-11(15)12(14)10(9)6-8/h1-6,9,12H,14H2. The summed E-state index contributed by atoms with van der Waals surface area (Å²) in [5, 5.41) is 8.82. The molecular weight excluding hydrogens is 188 g/mol. The topological polar surface area (TPSA) is 66.9 Å². The number of nitriles is 1. The molecule has 2 unspecified atom stereocenters. The molecule has 74 valence electrons. The first-order valence-electron chi connectivity index (χ1n) is 4.70. The molecule has 0 aliphatic heterocycles. The van der Waals surface area contributed by atoms with Gasteiger partial charge < -0.3 is 5.73 Å². The Morgan fingerprint density at radius 3 is 2.93 bits per heavy atom. The van der Waals surface area contributed by atoms with Gasteiger partial charge in [0.1, 0.15) is 0 Å². The lowest BCUT2D eigenvalue weighted by molar-refractivity contribution is -0.115. The quantitative estimate of drug-likeness (QED) is 0.631. The van der Waals surface area contributed by atoms with Crippen LogP contribution >= 0.6 is 0 Å². The van der Waals surface area contributed by atoms with Gasteiger partial charge in [0.25, 0.3) is 0 Å². The molecule has 0 amide bonds. The van der Waals surface area contributed by atoms with Crippen LogP contribution in [0.5, 0.6) is 0 Å². The van der Waals surface area contributed by atoms with Crippen LogP contribution in [0.4, 0.5) is 0 Å². The molecule has 0 aromatic heterocycles. The van der Waals surface area contributed by atoms with E-state index in [4.69, 9.17) is 11.0 Å². The highest BCUT2D eigenvalue weighted by molar-refractivity contribution is 5.98. The molecule has 0 radical (unpaired) electrons. The Kier molecular flexibility index (Phi) is 2.36. The molecule has 0 aromatic rings. The Morgan fingerprint density at radius 2 is 2.20 bits per heavy atom. The number of ketones is 1. The predicted octanol–water partition coefficient (Wildman–Crippen LogP) is 1.01. The monoisotopic (exact) mass is 198 g/mol. The lowest BCUT2D eigenvalue weighted by atomic mass is 9.85. The van der Waals surface area contributed by atoms with Gasteiger partial charge in [-0.2, -0.15) is 5.26 Å². The van der Waals surface area contributed by atoms with Crippen molar-refractivity contribution in [1.82, 2.24) is 0 Å². The average molecular weight is 198 g/mol. The second-order valence-electron chi connectivity index (χ2n) is 3.53. The molecule has 2 N–H and O–H groups in total. The van der Waals surface area contributed by atoms with Crippen LogP contribution in [0.2, 0.25) is 0 Å². The Bertz CT molecular complexity index is 461. The van der Waals surface area contributed by atoms with E-state index in [1.165, 1.54) is 6.08 Å². The maximum absolute atomic E-state index is 11.4. The van der Waals surface area contributed by atoms with Crippen LogP contribution < -0.4 is 5.73 Å². The van der Waals surface area contributed by atoms with Crippen LogP contribution in [-0.2, 0) is 4.79 Å². The molecule has 0 saturated heterocycles. The van der Waals surface area contributed by atoms with Gasteiger partial charge >= 0.3 is 0 Å². The van der Waals surface area contributed by atoms with Gasteiger partial charge in [0, 0.05) is 5.92 Å². The molecule has 0 saturated carbocycles. The second kappa shape index (κ2) is 3.68. The average Bonchev–Trinajstić information content (AvgIpc) is 2.45. The van der Waals surface area contributed by atoms with Gasteiger partial charge in [0.2, 0.25) is 0 Å². The minimum atomic E-state index is -0.612. The number of allylic oxidation sites excluding steroid dienone is 6. The van der Waals surface area contributed by atoms with E-state index in [2.05, 4.69) is 6.07 Å². The summed E-state index contributed by atoms with van der Waals surface area (Å²) >= 11 is 0. The van der Waals surface area contributed by atoms with E-state index in [0.717, 1.165) is 5.57 Å². The molecule has 3 heteroatoms. The number of nitrogens with two attached hydrogens (primary N) is 1. The molecule has 2 rings (SSSR count). The molecule has 0 spiro atoms. The van der Waals surface area contributed by atoms with Crippen molar-refractivity contribution in [3.05, 3.63) is 47.6 Å². The molecule has 2 aliphatic rings. The number of rotatable bonds is 0. The Labute approximate surface area is 87.9 Å². The minimum Gasteiger partial charge on any atom is -0.318 e.